The van der Waals surface area contributed by atoms with Crippen LogP contribution in [0, 0.1) is 5.82 Å². The molecular weight excluding hydrogens is 247 g/mol. The number of nitrogens with zero attached hydrogens (tertiary/aromatic N) is 2. The van der Waals surface area contributed by atoms with Gasteiger partial charge in [0.05, 0.1) is 12.3 Å². The SMILES string of the molecule is CC(O)CCN(C)S(=O)(=O)c1cncc(F)c1. The molecule has 0 aromatic carbocycles. The average Bonchev–Trinajstić information content (AvgIpc) is 2.25. The van der Waals surface area contributed by atoms with Gasteiger partial charge in [-0.1, -0.05) is 0 Å². The molecule has 0 saturated carbocycles. The van der Waals surface area contributed by atoms with Crippen LogP contribution in [0.25, 0.3) is 0 Å². The largest absolute Gasteiger partial charge is 0.393 e. The van der Waals surface area contributed by atoms with Crippen LogP contribution in [0.5, 0.6) is 0 Å². The van der Waals surface area contributed by atoms with Crippen molar-refractivity contribution < 1.29 is 17.9 Å². The summed E-state index contributed by atoms with van der Waals surface area (Å²) >= 11 is 0. The van der Waals surface area contributed by atoms with Gasteiger partial charge in [-0.15, -0.1) is 0 Å². The molecule has 1 aromatic heterocycles. The highest BCUT2D eigenvalue weighted by Gasteiger charge is 2.21. The van der Waals surface area contributed by atoms with E-state index >= 15 is 0 Å². The Bertz CT molecular complexity index is 476. The van der Waals surface area contributed by atoms with Crippen molar-refractivity contribution in [3.8, 4) is 0 Å². The van der Waals surface area contributed by atoms with Gasteiger partial charge in [-0.2, -0.15) is 0 Å². The summed E-state index contributed by atoms with van der Waals surface area (Å²) in [5.74, 6) is -0.699. The maximum Gasteiger partial charge on any atom is 0.244 e. The number of halogens is 1. The van der Waals surface area contributed by atoms with Gasteiger partial charge in [0.2, 0.25) is 10.0 Å². The van der Waals surface area contributed by atoms with E-state index in [1.165, 1.54) is 7.05 Å². The van der Waals surface area contributed by atoms with Crippen LogP contribution >= 0.6 is 0 Å². The first kappa shape index (κ1) is 14.0. The van der Waals surface area contributed by atoms with Crippen molar-refractivity contribution >= 4 is 10.0 Å². The van der Waals surface area contributed by atoms with Crippen molar-refractivity contribution in [2.45, 2.75) is 24.3 Å². The molecule has 0 aliphatic carbocycles. The zero-order valence-electron chi connectivity index (χ0n) is 9.67. The summed E-state index contributed by atoms with van der Waals surface area (Å²) in [5.41, 5.74) is 0. The first-order valence-corrected chi connectivity index (χ1v) is 6.53. The van der Waals surface area contributed by atoms with Crippen molar-refractivity contribution in [3.05, 3.63) is 24.3 Å². The van der Waals surface area contributed by atoms with Crippen molar-refractivity contribution in [2.75, 3.05) is 13.6 Å². The number of pyridine rings is 1. The van der Waals surface area contributed by atoms with Crippen LogP contribution in [-0.2, 0) is 10.0 Å². The maximum atomic E-state index is 12.9. The zero-order valence-corrected chi connectivity index (χ0v) is 10.5. The van der Waals surface area contributed by atoms with E-state index in [4.69, 9.17) is 5.11 Å². The second-order valence-electron chi connectivity index (χ2n) is 3.80. The number of aromatic nitrogens is 1. The highest BCUT2D eigenvalue weighted by Crippen LogP contribution is 2.14. The van der Waals surface area contributed by atoms with Crippen molar-refractivity contribution in [1.29, 1.82) is 0 Å². The first-order chi connectivity index (χ1) is 7.84. The number of rotatable bonds is 5. The summed E-state index contributed by atoms with van der Waals surface area (Å²) in [6, 6.07) is 0.918. The summed E-state index contributed by atoms with van der Waals surface area (Å²) in [4.78, 5) is 3.31. The molecule has 0 bridgehead atoms. The smallest absolute Gasteiger partial charge is 0.244 e. The highest BCUT2D eigenvalue weighted by atomic mass is 32.2. The molecule has 1 heterocycles. The van der Waals surface area contributed by atoms with Gasteiger partial charge in [0.15, 0.2) is 0 Å². The summed E-state index contributed by atoms with van der Waals surface area (Å²) < 4.78 is 37.8. The molecule has 0 saturated heterocycles. The minimum atomic E-state index is -3.74. The van der Waals surface area contributed by atoms with E-state index in [0.717, 1.165) is 22.8 Å². The molecule has 17 heavy (non-hydrogen) atoms. The number of aliphatic hydroxyl groups is 1. The van der Waals surface area contributed by atoms with Crippen LogP contribution in [0.2, 0.25) is 0 Å². The van der Waals surface area contributed by atoms with Crippen molar-refractivity contribution in [3.63, 3.8) is 0 Å². The molecule has 0 aliphatic rings. The minimum absolute atomic E-state index is 0.163. The Balaban J connectivity index is 2.88. The number of sulfonamides is 1. The monoisotopic (exact) mass is 262 g/mol. The van der Waals surface area contributed by atoms with E-state index in [1.54, 1.807) is 6.92 Å². The molecule has 1 rings (SSSR count). The van der Waals surface area contributed by atoms with Crippen molar-refractivity contribution in [2.24, 2.45) is 0 Å². The quantitative estimate of drug-likeness (QED) is 0.844. The fraction of sp³-hybridized carbons (Fsp3) is 0.500. The lowest BCUT2D eigenvalue weighted by Crippen LogP contribution is -2.29. The van der Waals surface area contributed by atoms with E-state index in [2.05, 4.69) is 4.98 Å². The van der Waals surface area contributed by atoms with Crippen LogP contribution in [-0.4, -0.2) is 42.5 Å². The molecule has 96 valence electrons. The topological polar surface area (TPSA) is 70.5 Å². The molecule has 0 fully saturated rings. The van der Waals surface area contributed by atoms with Gasteiger partial charge in [0.25, 0.3) is 0 Å². The minimum Gasteiger partial charge on any atom is -0.393 e. The molecule has 1 N–H and O–H groups in total. The average molecular weight is 262 g/mol. The highest BCUT2D eigenvalue weighted by molar-refractivity contribution is 7.89. The van der Waals surface area contributed by atoms with Crippen LogP contribution in [0.3, 0.4) is 0 Å². The fourth-order valence-electron chi connectivity index (χ4n) is 1.20. The predicted molar refractivity (Wildman–Crippen MR) is 60.3 cm³/mol. The summed E-state index contributed by atoms with van der Waals surface area (Å²) in [6.07, 6.45) is 1.77. The molecule has 0 amide bonds. The summed E-state index contributed by atoms with van der Waals surface area (Å²) in [6.45, 7) is 1.74. The van der Waals surface area contributed by atoms with Gasteiger partial charge in [-0.25, -0.2) is 17.1 Å². The Labute approximate surface area is 100.0 Å². The molecule has 0 radical (unpaired) electrons. The molecule has 5 nitrogen and oxygen atoms in total. The van der Waals surface area contributed by atoms with Crippen LogP contribution in [0.1, 0.15) is 13.3 Å². The molecule has 1 atom stereocenters. The molecule has 1 unspecified atom stereocenters. The van der Waals surface area contributed by atoms with Gasteiger partial charge in [0, 0.05) is 19.8 Å². The van der Waals surface area contributed by atoms with E-state index in [1.807, 2.05) is 0 Å². The second kappa shape index (κ2) is 5.52. The number of aliphatic hydroxyl groups excluding tert-OH is 1. The Hall–Kier alpha value is -1.05. The molecule has 1 aromatic rings. The summed E-state index contributed by atoms with van der Waals surface area (Å²) in [7, 11) is -2.36. The zero-order chi connectivity index (χ0) is 13.1. The van der Waals surface area contributed by atoms with Gasteiger partial charge in [-0.3, -0.25) is 4.98 Å². The first-order valence-electron chi connectivity index (χ1n) is 5.09. The number of hydrogen-bond donors (Lipinski definition) is 1. The fourth-order valence-corrected chi connectivity index (χ4v) is 2.36. The van der Waals surface area contributed by atoms with Gasteiger partial charge in [-0.05, 0) is 19.4 Å². The summed E-state index contributed by atoms with van der Waals surface area (Å²) in [5, 5.41) is 9.09. The molecule has 0 aliphatic heterocycles. The van der Waals surface area contributed by atoms with Crippen molar-refractivity contribution in [1.82, 2.24) is 9.29 Å². The lowest BCUT2D eigenvalue weighted by atomic mass is 10.3. The Morgan fingerprint density at radius 1 is 1.53 bits per heavy atom. The Kier molecular flexibility index (Phi) is 4.55. The third kappa shape index (κ3) is 3.72. The lowest BCUT2D eigenvalue weighted by Gasteiger charge is -2.17. The lowest BCUT2D eigenvalue weighted by molar-refractivity contribution is 0.177. The van der Waals surface area contributed by atoms with Gasteiger partial charge < -0.3 is 5.11 Å². The van der Waals surface area contributed by atoms with Crippen LogP contribution in [0.4, 0.5) is 4.39 Å². The Morgan fingerprint density at radius 2 is 2.18 bits per heavy atom. The molecular formula is C10H15FN2O3S. The maximum absolute atomic E-state index is 12.9. The van der Waals surface area contributed by atoms with Crippen LogP contribution in [0.15, 0.2) is 23.4 Å². The Morgan fingerprint density at radius 3 is 2.71 bits per heavy atom. The van der Waals surface area contributed by atoms with Crippen LogP contribution < -0.4 is 0 Å². The van der Waals surface area contributed by atoms with Gasteiger partial charge >= 0.3 is 0 Å². The predicted octanol–water partition coefficient (Wildman–Crippen LogP) is 0.612. The normalized spacial score (nSPS) is 13.9. The third-order valence-electron chi connectivity index (χ3n) is 2.25. The number of hydrogen-bond acceptors (Lipinski definition) is 4. The standard InChI is InChI=1S/C10H15FN2O3S/c1-8(14)3-4-13(2)17(15,16)10-5-9(11)6-12-7-10/h5-8,14H,3-4H2,1-2H3. The van der Waals surface area contributed by atoms with E-state index in [9.17, 15) is 12.8 Å². The van der Waals surface area contributed by atoms with E-state index in [-0.39, 0.29) is 11.4 Å². The van der Waals surface area contributed by atoms with E-state index in [0.29, 0.717) is 6.42 Å². The molecule has 0 spiro atoms. The van der Waals surface area contributed by atoms with Gasteiger partial charge in [0.1, 0.15) is 10.7 Å². The second-order valence-corrected chi connectivity index (χ2v) is 5.85. The molecule has 7 heteroatoms. The third-order valence-corrected chi connectivity index (χ3v) is 4.07. The van der Waals surface area contributed by atoms with E-state index < -0.39 is 21.9 Å².